The summed E-state index contributed by atoms with van der Waals surface area (Å²) in [7, 11) is 1.95. The topological polar surface area (TPSA) is 58.4 Å². The monoisotopic (exact) mass is 287 g/mol. The van der Waals surface area contributed by atoms with Gasteiger partial charge in [-0.3, -0.25) is 4.79 Å². The Hall–Kier alpha value is -1.07. The van der Waals surface area contributed by atoms with Gasteiger partial charge in [-0.1, -0.05) is 12.1 Å². The summed E-state index contributed by atoms with van der Waals surface area (Å²) in [6, 6.07) is 0. The Bertz CT molecular complexity index is 434. The van der Waals surface area contributed by atoms with Gasteiger partial charge in [0, 0.05) is 19.5 Å². The van der Waals surface area contributed by atoms with Gasteiger partial charge in [0.25, 0.3) is 5.91 Å². The minimum absolute atomic E-state index is 0. The van der Waals surface area contributed by atoms with E-state index in [1.54, 1.807) is 0 Å². The lowest BCUT2D eigenvalue weighted by molar-refractivity contribution is 0.0784. The van der Waals surface area contributed by atoms with Crippen LogP contribution >= 0.6 is 12.4 Å². The minimum Gasteiger partial charge on any atom is -0.360 e. The molecule has 19 heavy (non-hydrogen) atoms. The molecule has 2 rings (SSSR count). The number of nitrogens with zero attached hydrogens (tertiary/aromatic N) is 2. The number of aryl methyl sites for hydroxylation is 2. The number of rotatable bonds is 4. The maximum atomic E-state index is 12.5. The lowest BCUT2D eigenvalue weighted by Crippen LogP contribution is -2.31. The fraction of sp³-hybridized carbons (Fsp3) is 0.692. The Morgan fingerprint density at radius 2 is 2.32 bits per heavy atom. The van der Waals surface area contributed by atoms with Gasteiger partial charge in [0.15, 0.2) is 0 Å². The van der Waals surface area contributed by atoms with Gasteiger partial charge in [-0.15, -0.1) is 12.4 Å². The van der Waals surface area contributed by atoms with E-state index in [0.717, 1.165) is 26.1 Å². The largest absolute Gasteiger partial charge is 0.360 e. The standard InChI is InChI=1S/C13H21N3O2.ClH/c1-4-11-12(9(2)15-18-11)13(17)16-6-5-10(8-16)7-14-3;/h10,14H,4-8H2,1-3H3;1H. The number of hydrogen-bond donors (Lipinski definition) is 1. The zero-order valence-electron chi connectivity index (χ0n) is 11.7. The molecule has 0 radical (unpaired) electrons. The highest BCUT2D eigenvalue weighted by Crippen LogP contribution is 2.22. The molecule has 6 heteroatoms. The first-order valence-corrected chi connectivity index (χ1v) is 6.56. The quantitative estimate of drug-likeness (QED) is 0.915. The highest BCUT2D eigenvalue weighted by Gasteiger charge is 2.30. The van der Waals surface area contributed by atoms with Crippen LogP contribution in [-0.4, -0.2) is 42.6 Å². The van der Waals surface area contributed by atoms with Gasteiger partial charge in [0.2, 0.25) is 0 Å². The van der Waals surface area contributed by atoms with Gasteiger partial charge in [0.1, 0.15) is 11.3 Å². The number of likely N-dealkylation sites (tertiary alicyclic amines) is 1. The number of hydrogen-bond acceptors (Lipinski definition) is 4. The van der Waals surface area contributed by atoms with E-state index in [1.165, 1.54) is 0 Å². The van der Waals surface area contributed by atoms with E-state index in [4.69, 9.17) is 4.52 Å². The molecule has 0 bridgehead atoms. The van der Waals surface area contributed by atoms with Gasteiger partial charge in [-0.05, 0) is 32.9 Å². The molecule has 1 aromatic rings. The normalized spacial score (nSPS) is 18.5. The van der Waals surface area contributed by atoms with E-state index in [1.807, 2.05) is 25.8 Å². The summed E-state index contributed by atoms with van der Waals surface area (Å²) in [5, 5.41) is 7.07. The molecule has 1 aliphatic rings. The summed E-state index contributed by atoms with van der Waals surface area (Å²) in [5.74, 6) is 1.34. The average molecular weight is 288 g/mol. The van der Waals surface area contributed by atoms with E-state index in [-0.39, 0.29) is 18.3 Å². The highest BCUT2D eigenvalue weighted by atomic mass is 35.5. The molecule has 1 amide bonds. The van der Waals surface area contributed by atoms with E-state index >= 15 is 0 Å². The predicted octanol–water partition coefficient (Wildman–Crippen LogP) is 1.65. The first-order chi connectivity index (χ1) is 8.67. The zero-order valence-corrected chi connectivity index (χ0v) is 12.5. The van der Waals surface area contributed by atoms with Crippen molar-refractivity contribution in [3.05, 3.63) is 17.0 Å². The zero-order chi connectivity index (χ0) is 13.1. The second kappa shape index (κ2) is 6.91. The molecule has 1 aliphatic heterocycles. The maximum Gasteiger partial charge on any atom is 0.259 e. The van der Waals surface area contributed by atoms with Gasteiger partial charge in [-0.25, -0.2) is 0 Å². The Kier molecular flexibility index (Phi) is 5.82. The molecule has 1 unspecified atom stereocenters. The van der Waals surface area contributed by atoms with Gasteiger partial charge in [-0.2, -0.15) is 0 Å². The second-order valence-electron chi connectivity index (χ2n) is 4.88. The summed E-state index contributed by atoms with van der Waals surface area (Å²) in [6.07, 6.45) is 1.77. The molecule has 1 atom stereocenters. The van der Waals surface area contributed by atoms with Crippen molar-refractivity contribution >= 4 is 18.3 Å². The second-order valence-corrected chi connectivity index (χ2v) is 4.88. The van der Waals surface area contributed by atoms with E-state index < -0.39 is 0 Å². The summed E-state index contributed by atoms with van der Waals surface area (Å²) >= 11 is 0. The molecule has 1 N–H and O–H groups in total. The lowest BCUT2D eigenvalue weighted by atomic mass is 10.1. The van der Waals surface area contributed by atoms with Crippen molar-refractivity contribution in [3.8, 4) is 0 Å². The number of carbonyl (C=O) groups excluding carboxylic acids is 1. The number of halogens is 1. The molecule has 1 fully saturated rings. The number of carbonyl (C=O) groups is 1. The molecule has 1 aromatic heterocycles. The van der Waals surface area contributed by atoms with Crippen molar-refractivity contribution in [3.63, 3.8) is 0 Å². The molecule has 108 valence electrons. The Morgan fingerprint density at radius 3 is 2.95 bits per heavy atom. The van der Waals surface area contributed by atoms with Gasteiger partial charge < -0.3 is 14.7 Å². The third kappa shape index (κ3) is 3.28. The Balaban J connectivity index is 0.00000180. The highest BCUT2D eigenvalue weighted by molar-refractivity contribution is 5.96. The Morgan fingerprint density at radius 1 is 1.58 bits per heavy atom. The minimum atomic E-state index is 0. The molecule has 1 saturated heterocycles. The smallest absolute Gasteiger partial charge is 0.259 e. The van der Waals surface area contributed by atoms with Crippen molar-refractivity contribution < 1.29 is 9.32 Å². The van der Waals surface area contributed by atoms with Crippen LogP contribution in [0.4, 0.5) is 0 Å². The molecule has 0 aromatic carbocycles. The number of nitrogens with one attached hydrogen (secondary N) is 1. The van der Waals surface area contributed by atoms with Crippen LogP contribution in [0.5, 0.6) is 0 Å². The van der Waals surface area contributed by atoms with E-state index in [9.17, 15) is 4.79 Å². The van der Waals surface area contributed by atoms with Crippen molar-refractivity contribution in [1.29, 1.82) is 0 Å². The predicted molar refractivity (Wildman–Crippen MR) is 75.8 cm³/mol. The summed E-state index contributed by atoms with van der Waals surface area (Å²) in [5.41, 5.74) is 1.37. The molecule has 2 heterocycles. The van der Waals surface area contributed by atoms with Gasteiger partial charge in [0.05, 0.1) is 5.69 Å². The molecular formula is C13H22ClN3O2. The average Bonchev–Trinajstić information content (AvgIpc) is 2.95. The van der Waals surface area contributed by atoms with Crippen LogP contribution in [0.3, 0.4) is 0 Å². The summed E-state index contributed by atoms with van der Waals surface area (Å²) < 4.78 is 5.19. The number of amides is 1. The van der Waals surface area contributed by atoms with Crippen molar-refractivity contribution in [1.82, 2.24) is 15.4 Å². The molecular weight excluding hydrogens is 266 g/mol. The number of aromatic nitrogens is 1. The third-order valence-corrected chi connectivity index (χ3v) is 3.53. The summed E-state index contributed by atoms with van der Waals surface area (Å²) in [4.78, 5) is 14.4. The lowest BCUT2D eigenvalue weighted by Gasteiger charge is -2.16. The maximum absolute atomic E-state index is 12.5. The van der Waals surface area contributed by atoms with Crippen LogP contribution in [0.15, 0.2) is 4.52 Å². The van der Waals surface area contributed by atoms with E-state index in [2.05, 4.69) is 10.5 Å². The first kappa shape index (κ1) is 16.0. The van der Waals surface area contributed by atoms with Crippen LogP contribution in [-0.2, 0) is 6.42 Å². The first-order valence-electron chi connectivity index (χ1n) is 6.56. The fourth-order valence-electron chi connectivity index (χ4n) is 2.56. The van der Waals surface area contributed by atoms with Crippen LogP contribution in [0, 0.1) is 12.8 Å². The molecule has 0 spiro atoms. The van der Waals surface area contributed by atoms with Crippen LogP contribution in [0.1, 0.15) is 35.2 Å². The van der Waals surface area contributed by atoms with Gasteiger partial charge >= 0.3 is 0 Å². The molecule has 5 nitrogen and oxygen atoms in total. The van der Waals surface area contributed by atoms with Crippen molar-refractivity contribution in [2.24, 2.45) is 5.92 Å². The molecule has 0 aliphatic carbocycles. The van der Waals surface area contributed by atoms with E-state index in [0.29, 0.717) is 29.4 Å². The third-order valence-electron chi connectivity index (χ3n) is 3.53. The SMILES string of the molecule is CCc1onc(C)c1C(=O)N1CCC(CNC)C1.Cl. The van der Waals surface area contributed by atoms with Crippen LogP contribution in [0.2, 0.25) is 0 Å². The summed E-state index contributed by atoms with van der Waals surface area (Å²) in [6.45, 7) is 6.43. The molecule has 0 saturated carbocycles. The van der Waals surface area contributed by atoms with Crippen molar-refractivity contribution in [2.75, 3.05) is 26.7 Å². The fourth-order valence-corrected chi connectivity index (χ4v) is 2.56. The Labute approximate surface area is 120 Å². The van der Waals surface area contributed by atoms with Crippen molar-refractivity contribution in [2.45, 2.75) is 26.7 Å². The van der Waals surface area contributed by atoms with Crippen LogP contribution < -0.4 is 5.32 Å². The van der Waals surface area contributed by atoms with Crippen LogP contribution in [0.25, 0.3) is 0 Å².